The lowest BCUT2D eigenvalue weighted by atomic mass is 10.2. The Morgan fingerprint density at radius 2 is 2.39 bits per heavy atom. The van der Waals surface area contributed by atoms with Gasteiger partial charge in [0.1, 0.15) is 0 Å². The number of carbonyl (C=O) groups is 1. The molecule has 0 aliphatic carbocycles. The second kappa shape index (κ2) is 5.56. The molecule has 0 saturated heterocycles. The van der Waals surface area contributed by atoms with Gasteiger partial charge in [-0.3, -0.25) is 14.6 Å². The maximum absolute atomic E-state index is 11.8. The lowest BCUT2D eigenvalue weighted by Crippen LogP contribution is -2.23. The van der Waals surface area contributed by atoms with Crippen molar-refractivity contribution >= 4 is 17.2 Å². The number of aromatic amines is 1. The van der Waals surface area contributed by atoms with Gasteiger partial charge in [-0.25, -0.2) is 0 Å². The van der Waals surface area contributed by atoms with Gasteiger partial charge in [0.2, 0.25) is 0 Å². The molecule has 0 atom stereocenters. The standard InChI is InChI=1S/C11H12N4O2S/c12-4-8-3-7(1-2-13-8)10(16)14-5-9-6-18-11(17)15-9/h1-3,6H,4-5,12H2,(H,14,16)(H,15,17). The fourth-order valence-corrected chi connectivity index (χ4v) is 1.99. The van der Waals surface area contributed by atoms with E-state index in [1.54, 1.807) is 23.7 Å². The van der Waals surface area contributed by atoms with Crippen molar-refractivity contribution in [2.45, 2.75) is 13.1 Å². The van der Waals surface area contributed by atoms with E-state index in [1.165, 1.54) is 0 Å². The second-order valence-corrected chi connectivity index (χ2v) is 4.44. The van der Waals surface area contributed by atoms with Crippen LogP contribution in [0.3, 0.4) is 0 Å². The first-order valence-electron chi connectivity index (χ1n) is 5.29. The largest absolute Gasteiger partial charge is 0.346 e. The summed E-state index contributed by atoms with van der Waals surface area (Å²) in [6, 6.07) is 3.26. The number of H-pyrrole nitrogens is 1. The van der Waals surface area contributed by atoms with Gasteiger partial charge < -0.3 is 16.0 Å². The monoisotopic (exact) mass is 264 g/mol. The maximum Gasteiger partial charge on any atom is 0.304 e. The molecule has 0 bridgehead atoms. The second-order valence-electron chi connectivity index (χ2n) is 3.60. The molecular formula is C11H12N4O2S. The average molecular weight is 264 g/mol. The van der Waals surface area contributed by atoms with Crippen molar-refractivity contribution in [2.24, 2.45) is 5.73 Å². The SMILES string of the molecule is NCc1cc(C(=O)NCc2csc(=O)[nH]2)ccn1. The average Bonchev–Trinajstić information content (AvgIpc) is 2.82. The highest BCUT2D eigenvalue weighted by Crippen LogP contribution is 2.02. The van der Waals surface area contributed by atoms with E-state index in [-0.39, 0.29) is 17.3 Å². The lowest BCUT2D eigenvalue weighted by molar-refractivity contribution is 0.0950. The van der Waals surface area contributed by atoms with Gasteiger partial charge in [0.25, 0.3) is 5.91 Å². The van der Waals surface area contributed by atoms with Crippen molar-refractivity contribution in [1.29, 1.82) is 0 Å². The van der Waals surface area contributed by atoms with Crippen molar-refractivity contribution in [2.75, 3.05) is 0 Å². The Balaban J connectivity index is 2.01. The Hall–Kier alpha value is -1.99. The van der Waals surface area contributed by atoms with Gasteiger partial charge in [-0.2, -0.15) is 0 Å². The van der Waals surface area contributed by atoms with Gasteiger partial charge in [-0.1, -0.05) is 11.3 Å². The third-order valence-corrected chi connectivity index (χ3v) is 3.02. The normalized spacial score (nSPS) is 10.3. The maximum atomic E-state index is 11.8. The summed E-state index contributed by atoms with van der Waals surface area (Å²) in [6.45, 7) is 0.580. The first-order chi connectivity index (χ1) is 8.69. The molecule has 2 aromatic heterocycles. The summed E-state index contributed by atoms with van der Waals surface area (Å²) in [6.07, 6.45) is 1.55. The minimum Gasteiger partial charge on any atom is -0.346 e. The van der Waals surface area contributed by atoms with E-state index in [4.69, 9.17) is 5.73 Å². The van der Waals surface area contributed by atoms with E-state index in [0.29, 0.717) is 23.5 Å². The number of carbonyl (C=O) groups excluding carboxylic acids is 1. The van der Waals surface area contributed by atoms with Gasteiger partial charge in [-0.05, 0) is 12.1 Å². The molecule has 7 heteroatoms. The lowest BCUT2D eigenvalue weighted by Gasteiger charge is -2.04. The number of nitrogens with zero attached hydrogens (tertiary/aromatic N) is 1. The number of aromatic nitrogens is 2. The summed E-state index contributed by atoms with van der Waals surface area (Å²) in [5.74, 6) is -0.223. The molecule has 18 heavy (non-hydrogen) atoms. The molecule has 0 spiro atoms. The van der Waals surface area contributed by atoms with Crippen LogP contribution in [0.5, 0.6) is 0 Å². The predicted molar refractivity (Wildman–Crippen MR) is 68.2 cm³/mol. The van der Waals surface area contributed by atoms with E-state index in [0.717, 1.165) is 11.3 Å². The predicted octanol–water partition coefficient (Wildman–Crippen LogP) is 0.220. The molecule has 2 heterocycles. The summed E-state index contributed by atoms with van der Waals surface area (Å²) in [7, 11) is 0. The minimum absolute atomic E-state index is 0.131. The molecule has 0 aliphatic rings. The summed E-state index contributed by atoms with van der Waals surface area (Å²) >= 11 is 1.07. The zero-order valence-corrected chi connectivity index (χ0v) is 10.3. The van der Waals surface area contributed by atoms with Gasteiger partial charge in [-0.15, -0.1) is 0 Å². The van der Waals surface area contributed by atoms with Gasteiger partial charge in [0.15, 0.2) is 0 Å². The molecule has 2 rings (SSSR count). The molecule has 0 saturated carbocycles. The van der Waals surface area contributed by atoms with Crippen molar-refractivity contribution in [3.8, 4) is 0 Å². The smallest absolute Gasteiger partial charge is 0.304 e. The Bertz CT molecular complexity index is 605. The van der Waals surface area contributed by atoms with Crippen LogP contribution < -0.4 is 15.9 Å². The van der Waals surface area contributed by atoms with Gasteiger partial charge in [0.05, 0.1) is 12.2 Å². The Morgan fingerprint density at radius 3 is 3.06 bits per heavy atom. The van der Waals surface area contributed by atoms with Crippen molar-refractivity contribution in [1.82, 2.24) is 15.3 Å². The topological polar surface area (TPSA) is 101 Å². The number of hydrogen-bond acceptors (Lipinski definition) is 5. The Labute approximate surface area is 107 Å². The number of nitrogens with two attached hydrogens (primary N) is 1. The van der Waals surface area contributed by atoms with E-state index < -0.39 is 0 Å². The highest BCUT2D eigenvalue weighted by molar-refractivity contribution is 7.07. The third-order valence-electron chi connectivity index (χ3n) is 2.30. The van der Waals surface area contributed by atoms with Crippen LogP contribution in [0.15, 0.2) is 28.5 Å². The van der Waals surface area contributed by atoms with Crippen molar-refractivity contribution in [3.63, 3.8) is 0 Å². The molecular weight excluding hydrogens is 252 g/mol. The van der Waals surface area contributed by atoms with Crippen LogP contribution in [-0.2, 0) is 13.1 Å². The van der Waals surface area contributed by atoms with Crippen LogP contribution in [0.4, 0.5) is 0 Å². The third kappa shape index (κ3) is 3.02. The minimum atomic E-state index is -0.223. The van der Waals surface area contributed by atoms with Crippen molar-refractivity contribution < 1.29 is 4.79 Å². The number of nitrogens with one attached hydrogen (secondary N) is 2. The van der Waals surface area contributed by atoms with Crippen LogP contribution in [-0.4, -0.2) is 15.9 Å². The highest BCUT2D eigenvalue weighted by atomic mass is 32.1. The molecule has 6 nitrogen and oxygen atoms in total. The summed E-state index contributed by atoms with van der Waals surface area (Å²) in [5.41, 5.74) is 7.30. The quantitative estimate of drug-likeness (QED) is 0.735. The fraction of sp³-hybridized carbons (Fsp3) is 0.182. The van der Waals surface area contributed by atoms with E-state index in [9.17, 15) is 9.59 Å². The summed E-state index contributed by atoms with van der Waals surface area (Å²) in [5, 5.41) is 4.39. The molecule has 0 aromatic carbocycles. The molecule has 2 aromatic rings. The summed E-state index contributed by atoms with van der Waals surface area (Å²) < 4.78 is 0. The number of hydrogen-bond donors (Lipinski definition) is 3. The Kier molecular flexibility index (Phi) is 3.85. The van der Waals surface area contributed by atoms with Gasteiger partial charge in [0, 0.05) is 29.4 Å². The first kappa shape index (κ1) is 12.5. The number of thiazole rings is 1. The molecule has 4 N–H and O–H groups in total. The number of amides is 1. The molecule has 94 valence electrons. The van der Waals surface area contributed by atoms with E-state index >= 15 is 0 Å². The molecule has 0 aliphatic heterocycles. The van der Waals surface area contributed by atoms with Gasteiger partial charge >= 0.3 is 4.87 Å². The van der Waals surface area contributed by atoms with Crippen LogP contribution in [0.25, 0.3) is 0 Å². The number of rotatable bonds is 4. The molecule has 0 unspecified atom stereocenters. The molecule has 0 radical (unpaired) electrons. The van der Waals surface area contributed by atoms with E-state index in [1.807, 2.05) is 0 Å². The van der Waals surface area contributed by atoms with Crippen LogP contribution >= 0.6 is 11.3 Å². The fourth-order valence-electron chi connectivity index (χ4n) is 1.41. The molecule has 1 amide bonds. The highest BCUT2D eigenvalue weighted by Gasteiger charge is 2.06. The van der Waals surface area contributed by atoms with Crippen LogP contribution in [0.1, 0.15) is 21.7 Å². The number of pyridine rings is 1. The van der Waals surface area contributed by atoms with Crippen molar-refractivity contribution in [3.05, 3.63) is 50.3 Å². The first-order valence-corrected chi connectivity index (χ1v) is 6.17. The summed E-state index contributed by atoms with van der Waals surface area (Å²) in [4.78, 5) is 29.2. The van der Waals surface area contributed by atoms with Crippen LogP contribution in [0, 0.1) is 0 Å². The zero-order chi connectivity index (χ0) is 13.0. The molecule has 0 fully saturated rings. The Morgan fingerprint density at radius 1 is 1.56 bits per heavy atom. The van der Waals surface area contributed by atoms with Crippen LogP contribution in [0.2, 0.25) is 0 Å². The zero-order valence-electron chi connectivity index (χ0n) is 9.47. The van der Waals surface area contributed by atoms with E-state index in [2.05, 4.69) is 15.3 Å².